The molecule has 0 saturated carbocycles. The van der Waals surface area contributed by atoms with Crippen LogP contribution in [-0.4, -0.2) is 17.3 Å². The first-order valence-electron chi connectivity index (χ1n) is 6.25. The second-order valence-corrected chi connectivity index (χ2v) is 4.11. The number of carbonyl (C=O) groups excluding carboxylic acids is 1. The normalized spacial score (nSPS) is 10.9. The topological polar surface area (TPSA) is 70.9 Å². The second-order valence-electron chi connectivity index (χ2n) is 4.11. The number of amides is 1. The Balaban J connectivity index is 1.93. The SMILES string of the molecule is O=C(C=Cc1ccc(C=NOc2ccccc2)cc1)NO. The van der Waals surface area contributed by atoms with Crippen molar-refractivity contribution in [3.8, 4) is 5.75 Å². The van der Waals surface area contributed by atoms with E-state index in [1.807, 2.05) is 54.6 Å². The molecule has 1 amide bonds. The Bertz CT molecular complexity index is 634. The maximum absolute atomic E-state index is 10.8. The lowest BCUT2D eigenvalue weighted by molar-refractivity contribution is -0.124. The molecule has 0 aliphatic heterocycles. The maximum atomic E-state index is 10.8. The zero-order valence-electron chi connectivity index (χ0n) is 11.1. The molecular weight excluding hydrogens is 268 g/mol. The first-order chi connectivity index (χ1) is 10.3. The van der Waals surface area contributed by atoms with E-state index in [4.69, 9.17) is 10.0 Å². The van der Waals surface area contributed by atoms with Crippen molar-refractivity contribution in [2.75, 3.05) is 0 Å². The van der Waals surface area contributed by atoms with E-state index < -0.39 is 5.91 Å². The minimum atomic E-state index is -0.572. The van der Waals surface area contributed by atoms with Crippen LogP contribution in [0.2, 0.25) is 0 Å². The average Bonchev–Trinajstić information content (AvgIpc) is 2.55. The van der Waals surface area contributed by atoms with E-state index in [1.165, 1.54) is 11.6 Å². The lowest BCUT2D eigenvalue weighted by Crippen LogP contribution is -2.14. The van der Waals surface area contributed by atoms with Gasteiger partial charge in [-0.3, -0.25) is 10.0 Å². The number of nitrogens with one attached hydrogen (secondary N) is 1. The van der Waals surface area contributed by atoms with E-state index >= 15 is 0 Å². The molecule has 0 fully saturated rings. The minimum Gasteiger partial charge on any atom is -0.357 e. The van der Waals surface area contributed by atoms with Gasteiger partial charge in [0.15, 0.2) is 5.75 Å². The molecule has 2 rings (SSSR count). The summed E-state index contributed by atoms with van der Waals surface area (Å²) < 4.78 is 0. The van der Waals surface area contributed by atoms with Crippen molar-refractivity contribution in [2.45, 2.75) is 0 Å². The van der Waals surface area contributed by atoms with Gasteiger partial charge in [-0.25, -0.2) is 5.48 Å². The minimum absolute atomic E-state index is 0.572. The molecule has 5 nitrogen and oxygen atoms in total. The lowest BCUT2D eigenvalue weighted by atomic mass is 10.1. The van der Waals surface area contributed by atoms with Crippen molar-refractivity contribution in [3.63, 3.8) is 0 Å². The van der Waals surface area contributed by atoms with Crippen molar-refractivity contribution in [3.05, 3.63) is 71.8 Å². The fraction of sp³-hybridized carbons (Fsp3) is 0. The van der Waals surface area contributed by atoms with Crippen LogP contribution in [0.5, 0.6) is 5.75 Å². The zero-order valence-corrected chi connectivity index (χ0v) is 11.1. The smallest absolute Gasteiger partial charge is 0.267 e. The highest BCUT2D eigenvalue weighted by molar-refractivity contribution is 5.91. The summed E-state index contributed by atoms with van der Waals surface area (Å²) in [6, 6.07) is 16.6. The third-order valence-electron chi connectivity index (χ3n) is 2.58. The number of carbonyl (C=O) groups is 1. The van der Waals surface area contributed by atoms with Gasteiger partial charge in [-0.2, -0.15) is 0 Å². The fourth-order valence-electron chi connectivity index (χ4n) is 1.53. The quantitative estimate of drug-likeness (QED) is 0.383. The van der Waals surface area contributed by atoms with Crippen LogP contribution >= 0.6 is 0 Å². The molecule has 21 heavy (non-hydrogen) atoms. The van der Waals surface area contributed by atoms with Gasteiger partial charge in [-0.15, -0.1) is 0 Å². The van der Waals surface area contributed by atoms with Crippen LogP contribution in [0.3, 0.4) is 0 Å². The molecule has 0 saturated heterocycles. The molecule has 0 unspecified atom stereocenters. The Morgan fingerprint density at radius 2 is 1.71 bits per heavy atom. The highest BCUT2D eigenvalue weighted by Crippen LogP contribution is 2.09. The highest BCUT2D eigenvalue weighted by Gasteiger charge is 1.93. The Morgan fingerprint density at radius 3 is 2.38 bits per heavy atom. The van der Waals surface area contributed by atoms with Crippen LogP contribution in [0.15, 0.2) is 65.8 Å². The van der Waals surface area contributed by atoms with Gasteiger partial charge in [0.2, 0.25) is 0 Å². The molecule has 0 bridgehead atoms. The Labute approximate surface area is 122 Å². The molecule has 0 aromatic heterocycles. The molecule has 2 N–H and O–H groups in total. The van der Waals surface area contributed by atoms with Crippen LogP contribution in [0.4, 0.5) is 0 Å². The predicted octanol–water partition coefficient (Wildman–Crippen LogP) is 2.62. The first-order valence-corrected chi connectivity index (χ1v) is 6.25. The largest absolute Gasteiger partial charge is 0.357 e. The fourth-order valence-corrected chi connectivity index (χ4v) is 1.53. The number of oxime groups is 1. The van der Waals surface area contributed by atoms with Crippen LogP contribution in [0.1, 0.15) is 11.1 Å². The Kier molecular flexibility index (Phi) is 5.25. The van der Waals surface area contributed by atoms with Crippen LogP contribution in [0.25, 0.3) is 6.08 Å². The van der Waals surface area contributed by atoms with Gasteiger partial charge in [0, 0.05) is 6.08 Å². The molecule has 2 aromatic carbocycles. The summed E-state index contributed by atoms with van der Waals surface area (Å²) in [6.07, 6.45) is 4.43. The molecule has 0 aliphatic carbocycles. The zero-order chi connectivity index (χ0) is 14.9. The summed E-state index contributed by atoms with van der Waals surface area (Å²) >= 11 is 0. The van der Waals surface area contributed by atoms with Gasteiger partial charge in [-0.05, 0) is 29.3 Å². The molecule has 0 radical (unpaired) electrons. The van der Waals surface area contributed by atoms with Crippen molar-refractivity contribution >= 4 is 18.2 Å². The molecule has 0 spiro atoms. The van der Waals surface area contributed by atoms with E-state index in [1.54, 1.807) is 12.3 Å². The predicted molar refractivity (Wildman–Crippen MR) is 80.1 cm³/mol. The summed E-state index contributed by atoms with van der Waals surface area (Å²) in [6.45, 7) is 0. The number of hydrogen-bond acceptors (Lipinski definition) is 4. The monoisotopic (exact) mass is 282 g/mol. The van der Waals surface area contributed by atoms with E-state index in [0.717, 1.165) is 11.1 Å². The number of nitrogens with zero attached hydrogens (tertiary/aromatic N) is 1. The van der Waals surface area contributed by atoms with Gasteiger partial charge >= 0.3 is 0 Å². The van der Waals surface area contributed by atoms with Gasteiger partial charge in [0.25, 0.3) is 5.91 Å². The number of para-hydroxylation sites is 1. The number of hydroxylamine groups is 1. The molecule has 0 aliphatic rings. The summed E-state index contributed by atoms with van der Waals surface area (Å²) in [5.74, 6) is 0.0974. The number of benzene rings is 2. The lowest BCUT2D eigenvalue weighted by Gasteiger charge is -1.97. The van der Waals surface area contributed by atoms with Crippen molar-refractivity contribution in [1.29, 1.82) is 0 Å². The second kappa shape index (κ2) is 7.62. The van der Waals surface area contributed by atoms with E-state index in [-0.39, 0.29) is 0 Å². The van der Waals surface area contributed by atoms with E-state index in [2.05, 4.69) is 5.16 Å². The first kappa shape index (κ1) is 14.5. The van der Waals surface area contributed by atoms with E-state index in [0.29, 0.717) is 5.75 Å². The average molecular weight is 282 g/mol. The highest BCUT2D eigenvalue weighted by atomic mass is 16.6. The van der Waals surface area contributed by atoms with Crippen molar-refractivity contribution < 1.29 is 14.8 Å². The summed E-state index contributed by atoms with van der Waals surface area (Å²) in [5, 5.41) is 12.3. The van der Waals surface area contributed by atoms with Crippen LogP contribution in [-0.2, 0) is 4.79 Å². The third kappa shape index (κ3) is 4.93. The molecule has 5 heteroatoms. The van der Waals surface area contributed by atoms with Crippen molar-refractivity contribution in [2.24, 2.45) is 5.16 Å². The van der Waals surface area contributed by atoms with Gasteiger partial charge in [0.05, 0.1) is 6.21 Å². The van der Waals surface area contributed by atoms with Crippen LogP contribution in [0, 0.1) is 0 Å². The molecule has 0 atom stereocenters. The Hall–Kier alpha value is -2.92. The van der Waals surface area contributed by atoms with E-state index in [9.17, 15) is 4.79 Å². The number of hydrogen-bond donors (Lipinski definition) is 2. The summed E-state index contributed by atoms with van der Waals surface area (Å²) in [5.41, 5.74) is 3.23. The third-order valence-corrected chi connectivity index (χ3v) is 2.58. The molecule has 0 heterocycles. The molecule has 2 aromatic rings. The van der Waals surface area contributed by atoms with Crippen LogP contribution < -0.4 is 10.3 Å². The molecular formula is C16H14N2O3. The molecule has 106 valence electrons. The van der Waals surface area contributed by atoms with Gasteiger partial charge in [0.1, 0.15) is 0 Å². The summed E-state index contributed by atoms with van der Waals surface area (Å²) in [7, 11) is 0. The van der Waals surface area contributed by atoms with Crippen molar-refractivity contribution in [1.82, 2.24) is 5.48 Å². The standard InChI is InChI=1S/C16H14N2O3/c19-16(18-20)11-10-13-6-8-14(9-7-13)12-17-21-15-4-2-1-3-5-15/h1-12,20H,(H,18,19). The Morgan fingerprint density at radius 1 is 1.05 bits per heavy atom. The maximum Gasteiger partial charge on any atom is 0.267 e. The van der Waals surface area contributed by atoms with Gasteiger partial charge < -0.3 is 4.84 Å². The summed E-state index contributed by atoms with van der Waals surface area (Å²) in [4.78, 5) is 16.1. The van der Waals surface area contributed by atoms with Gasteiger partial charge in [-0.1, -0.05) is 47.6 Å². The number of rotatable bonds is 5.